The van der Waals surface area contributed by atoms with E-state index in [9.17, 15) is 14.4 Å². The number of anilines is 1. The van der Waals surface area contributed by atoms with E-state index < -0.39 is 17.8 Å². The monoisotopic (exact) mass is 656 g/mol. The van der Waals surface area contributed by atoms with Crippen LogP contribution in [0.4, 0.5) is 10.5 Å². The van der Waals surface area contributed by atoms with Gasteiger partial charge in [0.25, 0.3) is 11.8 Å². The summed E-state index contributed by atoms with van der Waals surface area (Å²) in [5.41, 5.74) is 1.34. The Morgan fingerprint density at radius 3 is 2.26 bits per heavy atom. The van der Waals surface area contributed by atoms with Gasteiger partial charge in [0.2, 0.25) is 0 Å². The SMILES string of the molecule is O=C1NC(=O)N(c2ccc(Br)cc2)C(=O)/C1=C/c1cc(Cl)c(OCc2ccc(Cl)c(Cl)c2)c(Br)c1. The van der Waals surface area contributed by atoms with Gasteiger partial charge in [0.1, 0.15) is 12.2 Å². The van der Waals surface area contributed by atoms with E-state index in [2.05, 4.69) is 37.2 Å². The normalized spacial score (nSPS) is 14.9. The second kappa shape index (κ2) is 10.7. The molecule has 1 saturated heterocycles. The zero-order valence-electron chi connectivity index (χ0n) is 17.5. The van der Waals surface area contributed by atoms with Gasteiger partial charge in [-0.3, -0.25) is 14.9 Å². The molecule has 0 unspecified atom stereocenters. The van der Waals surface area contributed by atoms with Gasteiger partial charge < -0.3 is 4.74 Å². The lowest BCUT2D eigenvalue weighted by Crippen LogP contribution is -2.54. The summed E-state index contributed by atoms with van der Waals surface area (Å²) in [5.74, 6) is -1.19. The summed E-state index contributed by atoms with van der Waals surface area (Å²) in [6, 6.07) is 14.0. The minimum Gasteiger partial charge on any atom is -0.486 e. The topological polar surface area (TPSA) is 75.7 Å². The van der Waals surface area contributed by atoms with Crippen LogP contribution in [0.1, 0.15) is 11.1 Å². The van der Waals surface area contributed by atoms with Crippen LogP contribution in [0.25, 0.3) is 6.08 Å². The number of benzene rings is 3. The van der Waals surface area contributed by atoms with E-state index >= 15 is 0 Å². The number of rotatable bonds is 5. The highest BCUT2D eigenvalue weighted by atomic mass is 79.9. The van der Waals surface area contributed by atoms with Crippen molar-refractivity contribution in [3.8, 4) is 5.75 Å². The molecule has 178 valence electrons. The van der Waals surface area contributed by atoms with Gasteiger partial charge in [-0.2, -0.15) is 0 Å². The summed E-state index contributed by atoms with van der Waals surface area (Å²) >= 11 is 25.1. The molecule has 0 saturated carbocycles. The molecule has 0 aromatic heterocycles. The minimum absolute atomic E-state index is 0.181. The molecule has 0 spiro atoms. The fourth-order valence-corrected chi connectivity index (χ4v) is 4.81. The summed E-state index contributed by atoms with van der Waals surface area (Å²) in [7, 11) is 0. The Kier molecular flexibility index (Phi) is 7.88. The Morgan fingerprint density at radius 2 is 1.60 bits per heavy atom. The van der Waals surface area contributed by atoms with Gasteiger partial charge in [0.05, 0.1) is 25.2 Å². The maximum absolute atomic E-state index is 13.1. The van der Waals surface area contributed by atoms with Crippen LogP contribution >= 0.6 is 66.7 Å². The summed E-state index contributed by atoms with van der Waals surface area (Å²) in [4.78, 5) is 38.8. The fraction of sp³-hybridized carbons (Fsp3) is 0.0417. The molecule has 0 radical (unpaired) electrons. The van der Waals surface area contributed by atoms with Crippen molar-refractivity contribution in [2.24, 2.45) is 0 Å². The van der Waals surface area contributed by atoms with E-state index in [0.29, 0.717) is 31.5 Å². The number of hydrogen-bond donors (Lipinski definition) is 1. The number of hydrogen-bond acceptors (Lipinski definition) is 4. The lowest BCUT2D eigenvalue weighted by atomic mass is 10.1. The van der Waals surface area contributed by atoms with Gasteiger partial charge in [-0.1, -0.05) is 56.8 Å². The molecule has 0 bridgehead atoms. The molecule has 6 nitrogen and oxygen atoms in total. The van der Waals surface area contributed by atoms with Crippen molar-refractivity contribution in [3.63, 3.8) is 0 Å². The number of carbonyl (C=O) groups excluding carboxylic acids is 3. The van der Waals surface area contributed by atoms with Crippen molar-refractivity contribution in [1.82, 2.24) is 5.32 Å². The van der Waals surface area contributed by atoms with E-state index in [0.717, 1.165) is 14.9 Å². The third-order valence-electron chi connectivity index (χ3n) is 4.89. The van der Waals surface area contributed by atoms with Crippen LogP contribution in [0.15, 0.2) is 69.1 Å². The minimum atomic E-state index is -0.829. The van der Waals surface area contributed by atoms with Crippen molar-refractivity contribution in [2.75, 3.05) is 4.90 Å². The third-order valence-corrected chi connectivity index (χ3v) is 7.02. The highest BCUT2D eigenvalue weighted by Gasteiger charge is 2.36. The first-order valence-corrected chi connectivity index (χ1v) is 12.6. The molecule has 1 heterocycles. The van der Waals surface area contributed by atoms with Crippen LogP contribution < -0.4 is 15.0 Å². The van der Waals surface area contributed by atoms with Crippen LogP contribution in [0, 0.1) is 0 Å². The number of imide groups is 2. The molecular weight excluding hydrogens is 646 g/mol. The fourth-order valence-electron chi connectivity index (χ4n) is 3.23. The van der Waals surface area contributed by atoms with E-state index in [4.69, 9.17) is 39.5 Å². The number of barbiturate groups is 1. The van der Waals surface area contributed by atoms with E-state index in [1.165, 1.54) is 6.08 Å². The summed E-state index contributed by atoms with van der Waals surface area (Å²) in [6.07, 6.45) is 1.36. The zero-order chi connectivity index (χ0) is 25.3. The van der Waals surface area contributed by atoms with Crippen molar-refractivity contribution in [1.29, 1.82) is 0 Å². The molecule has 0 aliphatic carbocycles. The Bertz CT molecular complexity index is 1370. The molecule has 1 N–H and O–H groups in total. The van der Waals surface area contributed by atoms with Crippen LogP contribution in [-0.2, 0) is 16.2 Å². The number of amides is 4. The number of carbonyl (C=O) groups is 3. The van der Waals surface area contributed by atoms with Crippen LogP contribution in [0.5, 0.6) is 5.75 Å². The molecule has 11 heteroatoms. The predicted octanol–water partition coefficient (Wildman–Crippen LogP) is 7.42. The van der Waals surface area contributed by atoms with E-state index in [1.54, 1.807) is 54.6 Å². The van der Waals surface area contributed by atoms with E-state index in [1.807, 2.05) is 0 Å². The summed E-state index contributed by atoms with van der Waals surface area (Å²) in [5, 5.41) is 3.28. The number of halogens is 5. The Hall–Kier alpha value is -2.36. The Balaban J connectivity index is 1.59. The van der Waals surface area contributed by atoms with Gasteiger partial charge in [-0.15, -0.1) is 0 Å². The lowest BCUT2D eigenvalue weighted by Gasteiger charge is -2.26. The predicted molar refractivity (Wildman–Crippen MR) is 143 cm³/mol. The van der Waals surface area contributed by atoms with Crippen LogP contribution in [0.2, 0.25) is 15.1 Å². The quantitative estimate of drug-likeness (QED) is 0.229. The first-order valence-electron chi connectivity index (χ1n) is 9.87. The molecule has 4 amide bonds. The average molecular weight is 660 g/mol. The maximum Gasteiger partial charge on any atom is 0.335 e. The number of urea groups is 1. The highest BCUT2D eigenvalue weighted by Crippen LogP contribution is 2.36. The second-order valence-corrected chi connectivity index (χ2v) is 10.3. The first kappa shape index (κ1) is 25.7. The smallest absolute Gasteiger partial charge is 0.335 e. The van der Waals surface area contributed by atoms with Gasteiger partial charge in [-0.05, 0) is 81.7 Å². The standard InChI is InChI=1S/C24H13Br2Cl3N2O4/c25-14-2-4-15(5-3-14)31-23(33)16(22(32)30-24(31)34)7-13-8-17(26)21(20(29)10-13)35-11-12-1-6-18(27)19(28)9-12/h1-10H,11H2,(H,30,32,34)/b16-7+. The van der Waals surface area contributed by atoms with Crippen LogP contribution in [-0.4, -0.2) is 17.8 Å². The van der Waals surface area contributed by atoms with Crippen molar-refractivity contribution < 1.29 is 19.1 Å². The average Bonchev–Trinajstić information content (AvgIpc) is 2.79. The molecule has 0 atom stereocenters. The second-order valence-electron chi connectivity index (χ2n) is 7.29. The maximum atomic E-state index is 13.1. The zero-order valence-corrected chi connectivity index (χ0v) is 22.9. The molecule has 1 aliphatic rings. The highest BCUT2D eigenvalue weighted by molar-refractivity contribution is 9.10. The third kappa shape index (κ3) is 5.73. The van der Waals surface area contributed by atoms with Crippen molar-refractivity contribution in [3.05, 3.63) is 95.3 Å². The van der Waals surface area contributed by atoms with Gasteiger partial charge in [0, 0.05) is 4.47 Å². The van der Waals surface area contributed by atoms with Gasteiger partial charge >= 0.3 is 6.03 Å². The lowest BCUT2D eigenvalue weighted by molar-refractivity contribution is -0.122. The summed E-state index contributed by atoms with van der Waals surface area (Å²) < 4.78 is 7.11. The molecule has 35 heavy (non-hydrogen) atoms. The molecule has 3 aromatic carbocycles. The first-order chi connectivity index (χ1) is 16.6. The Morgan fingerprint density at radius 1 is 0.886 bits per heavy atom. The number of nitrogens with one attached hydrogen (secondary N) is 1. The number of nitrogens with zero attached hydrogens (tertiary/aromatic N) is 1. The van der Waals surface area contributed by atoms with E-state index in [-0.39, 0.29) is 17.2 Å². The van der Waals surface area contributed by atoms with Crippen molar-refractivity contribution >= 4 is 96.3 Å². The van der Waals surface area contributed by atoms with Gasteiger partial charge in [0.15, 0.2) is 5.75 Å². The Labute approximate surface area is 232 Å². The largest absolute Gasteiger partial charge is 0.486 e. The number of ether oxygens (including phenoxy) is 1. The molecule has 1 fully saturated rings. The molecule has 3 aromatic rings. The molecule has 4 rings (SSSR count). The van der Waals surface area contributed by atoms with Gasteiger partial charge in [-0.25, -0.2) is 9.69 Å². The molecular formula is C24H13Br2Cl3N2O4. The van der Waals surface area contributed by atoms with Crippen LogP contribution in [0.3, 0.4) is 0 Å². The molecule has 1 aliphatic heterocycles. The van der Waals surface area contributed by atoms with Crippen molar-refractivity contribution in [2.45, 2.75) is 6.61 Å². The summed E-state index contributed by atoms with van der Waals surface area (Å²) in [6.45, 7) is 0.181.